The molecule has 1 saturated carbocycles. The maximum Gasteiger partial charge on any atom is 0.127 e. The number of nitriles is 1. The van der Waals surface area contributed by atoms with Crippen LogP contribution in [0.5, 0.6) is 0 Å². The number of nitrogens with zero attached hydrogens (tertiary/aromatic N) is 1. The predicted octanol–water partition coefficient (Wildman–Crippen LogP) is 2.92. The maximum absolute atomic E-state index is 13.5. The van der Waals surface area contributed by atoms with Crippen molar-refractivity contribution in [2.75, 3.05) is 0 Å². The Kier molecular flexibility index (Phi) is 3.75. The summed E-state index contributed by atoms with van der Waals surface area (Å²) in [7, 11) is 0. The molecule has 1 aliphatic rings. The average molecular weight is 232 g/mol. The molecule has 0 radical (unpaired) electrons. The molecule has 17 heavy (non-hydrogen) atoms. The van der Waals surface area contributed by atoms with Crippen molar-refractivity contribution in [2.24, 2.45) is 5.92 Å². The second kappa shape index (κ2) is 5.29. The van der Waals surface area contributed by atoms with Crippen molar-refractivity contribution in [1.82, 2.24) is 5.32 Å². The smallest absolute Gasteiger partial charge is 0.127 e. The number of benzene rings is 1. The largest absolute Gasteiger partial charge is 0.309 e. The molecule has 1 aliphatic carbocycles. The Morgan fingerprint density at radius 3 is 3.06 bits per heavy atom. The van der Waals surface area contributed by atoms with Crippen LogP contribution in [0.3, 0.4) is 0 Å². The summed E-state index contributed by atoms with van der Waals surface area (Å²) in [6, 6.07) is 7.68. The Morgan fingerprint density at radius 1 is 1.47 bits per heavy atom. The molecule has 0 aromatic heterocycles. The van der Waals surface area contributed by atoms with Crippen molar-refractivity contribution in [3.8, 4) is 6.07 Å². The van der Waals surface area contributed by atoms with Crippen LogP contribution in [-0.2, 0) is 6.54 Å². The molecule has 1 aromatic rings. The molecule has 1 aromatic carbocycles. The second-order valence-electron chi connectivity index (χ2n) is 4.75. The molecule has 0 spiro atoms. The fourth-order valence-corrected chi connectivity index (χ4v) is 2.44. The molecule has 2 nitrogen and oxygen atoms in total. The van der Waals surface area contributed by atoms with E-state index in [1.54, 1.807) is 6.07 Å². The fourth-order valence-electron chi connectivity index (χ4n) is 2.44. The number of nitrogens with one attached hydrogen (secondary N) is 1. The molecular formula is C14H17FN2. The number of aryl methyl sites for hydroxylation is 1. The van der Waals surface area contributed by atoms with Crippen LogP contribution in [0, 0.1) is 30.0 Å². The topological polar surface area (TPSA) is 35.8 Å². The van der Waals surface area contributed by atoms with Crippen LogP contribution >= 0.6 is 0 Å². The van der Waals surface area contributed by atoms with Crippen molar-refractivity contribution >= 4 is 0 Å². The monoisotopic (exact) mass is 232 g/mol. The van der Waals surface area contributed by atoms with Gasteiger partial charge in [-0.15, -0.1) is 0 Å². The van der Waals surface area contributed by atoms with Gasteiger partial charge >= 0.3 is 0 Å². The lowest BCUT2D eigenvalue weighted by molar-refractivity contribution is 0.457. The highest BCUT2D eigenvalue weighted by Gasteiger charge is 2.26. The molecule has 2 unspecified atom stereocenters. The lowest BCUT2D eigenvalue weighted by atomic mass is 10.0. The van der Waals surface area contributed by atoms with Crippen LogP contribution in [0.4, 0.5) is 4.39 Å². The molecule has 0 bridgehead atoms. The Labute approximate surface area is 101 Å². The van der Waals surface area contributed by atoms with E-state index in [4.69, 9.17) is 5.26 Å². The first kappa shape index (κ1) is 12.1. The maximum atomic E-state index is 13.5. The van der Waals surface area contributed by atoms with Gasteiger partial charge in [-0.2, -0.15) is 5.26 Å². The zero-order chi connectivity index (χ0) is 12.3. The summed E-state index contributed by atoms with van der Waals surface area (Å²) >= 11 is 0. The van der Waals surface area contributed by atoms with E-state index >= 15 is 0 Å². The third-order valence-corrected chi connectivity index (χ3v) is 3.44. The summed E-state index contributed by atoms with van der Waals surface area (Å²) < 4.78 is 13.5. The molecule has 1 fully saturated rings. The van der Waals surface area contributed by atoms with Crippen LogP contribution in [-0.4, -0.2) is 6.04 Å². The zero-order valence-corrected chi connectivity index (χ0v) is 10.0. The zero-order valence-electron chi connectivity index (χ0n) is 10.0. The quantitative estimate of drug-likeness (QED) is 0.869. The summed E-state index contributed by atoms with van der Waals surface area (Å²) in [6.45, 7) is 2.47. The van der Waals surface area contributed by atoms with E-state index < -0.39 is 0 Å². The summed E-state index contributed by atoms with van der Waals surface area (Å²) in [4.78, 5) is 0. The Bertz CT molecular complexity index is 436. The van der Waals surface area contributed by atoms with Gasteiger partial charge in [0.15, 0.2) is 0 Å². The summed E-state index contributed by atoms with van der Waals surface area (Å²) in [5.74, 6) is -0.0857. The minimum atomic E-state index is -0.172. The highest BCUT2D eigenvalue weighted by molar-refractivity contribution is 5.24. The molecule has 0 aliphatic heterocycles. The second-order valence-corrected chi connectivity index (χ2v) is 4.75. The van der Waals surface area contributed by atoms with Crippen LogP contribution in [0.2, 0.25) is 0 Å². The minimum absolute atomic E-state index is 0.0860. The minimum Gasteiger partial charge on any atom is -0.309 e. The SMILES string of the molecule is Cc1ccc(F)c(CNC2CCCC2C#N)c1. The van der Waals surface area contributed by atoms with Gasteiger partial charge in [0.2, 0.25) is 0 Å². The van der Waals surface area contributed by atoms with E-state index in [0.29, 0.717) is 12.1 Å². The van der Waals surface area contributed by atoms with Crippen molar-refractivity contribution in [3.63, 3.8) is 0 Å². The van der Waals surface area contributed by atoms with E-state index in [9.17, 15) is 4.39 Å². The standard InChI is InChI=1S/C14H17FN2/c1-10-5-6-13(15)12(7-10)9-17-14-4-2-3-11(14)8-16/h5-7,11,14,17H,2-4,9H2,1H3. The highest BCUT2D eigenvalue weighted by Crippen LogP contribution is 2.25. The van der Waals surface area contributed by atoms with E-state index in [1.807, 2.05) is 13.0 Å². The number of halogens is 1. The number of hydrogen-bond acceptors (Lipinski definition) is 2. The first-order valence-corrected chi connectivity index (χ1v) is 6.08. The Balaban J connectivity index is 1.98. The molecule has 0 heterocycles. The molecule has 0 amide bonds. The van der Waals surface area contributed by atoms with Crippen molar-refractivity contribution < 1.29 is 4.39 Å². The van der Waals surface area contributed by atoms with Gasteiger partial charge in [0.05, 0.1) is 12.0 Å². The molecule has 2 rings (SSSR count). The van der Waals surface area contributed by atoms with E-state index in [2.05, 4.69) is 11.4 Å². The predicted molar refractivity (Wildman–Crippen MR) is 64.7 cm³/mol. The van der Waals surface area contributed by atoms with Gasteiger partial charge in [-0.1, -0.05) is 24.1 Å². The molecule has 1 N–H and O–H groups in total. The molecule has 2 atom stereocenters. The van der Waals surface area contributed by atoms with Crippen LogP contribution < -0.4 is 5.32 Å². The third kappa shape index (κ3) is 2.83. The van der Waals surface area contributed by atoms with Gasteiger partial charge in [-0.3, -0.25) is 0 Å². The highest BCUT2D eigenvalue weighted by atomic mass is 19.1. The lowest BCUT2D eigenvalue weighted by Gasteiger charge is -2.16. The molecule has 3 heteroatoms. The molecule has 90 valence electrons. The summed E-state index contributed by atoms with van der Waals surface area (Å²) in [6.07, 6.45) is 3.07. The van der Waals surface area contributed by atoms with Gasteiger partial charge in [0.25, 0.3) is 0 Å². The van der Waals surface area contributed by atoms with Gasteiger partial charge in [-0.25, -0.2) is 4.39 Å². The summed E-state index contributed by atoms with van der Waals surface area (Å²) in [5.41, 5.74) is 1.75. The first-order valence-electron chi connectivity index (χ1n) is 6.08. The van der Waals surface area contributed by atoms with E-state index in [1.165, 1.54) is 6.07 Å². The normalized spacial score (nSPS) is 23.6. The van der Waals surface area contributed by atoms with Gasteiger partial charge in [-0.05, 0) is 25.8 Å². The van der Waals surface area contributed by atoms with Crippen molar-refractivity contribution in [3.05, 3.63) is 35.1 Å². The molecule has 0 saturated heterocycles. The molecular weight excluding hydrogens is 215 g/mol. The van der Waals surface area contributed by atoms with E-state index in [0.717, 1.165) is 24.8 Å². The number of rotatable bonds is 3. The lowest BCUT2D eigenvalue weighted by Crippen LogP contribution is -2.31. The van der Waals surface area contributed by atoms with Gasteiger partial charge < -0.3 is 5.32 Å². The van der Waals surface area contributed by atoms with Crippen molar-refractivity contribution in [2.45, 2.75) is 38.8 Å². The van der Waals surface area contributed by atoms with Gasteiger partial charge in [0, 0.05) is 18.2 Å². The Morgan fingerprint density at radius 2 is 2.29 bits per heavy atom. The third-order valence-electron chi connectivity index (χ3n) is 3.44. The Hall–Kier alpha value is -1.40. The van der Waals surface area contributed by atoms with Crippen molar-refractivity contribution in [1.29, 1.82) is 5.26 Å². The van der Waals surface area contributed by atoms with Crippen LogP contribution in [0.15, 0.2) is 18.2 Å². The number of hydrogen-bond donors (Lipinski definition) is 1. The first-order chi connectivity index (χ1) is 8.20. The fraction of sp³-hybridized carbons (Fsp3) is 0.500. The van der Waals surface area contributed by atoms with Crippen LogP contribution in [0.25, 0.3) is 0 Å². The summed E-state index contributed by atoms with van der Waals surface area (Å²) in [5, 5.41) is 12.3. The van der Waals surface area contributed by atoms with Gasteiger partial charge in [0.1, 0.15) is 5.82 Å². The average Bonchev–Trinajstić information content (AvgIpc) is 2.77. The van der Waals surface area contributed by atoms with E-state index in [-0.39, 0.29) is 17.8 Å². The van der Waals surface area contributed by atoms with Crippen LogP contribution in [0.1, 0.15) is 30.4 Å².